The van der Waals surface area contributed by atoms with Crippen molar-refractivity contribution in [2.45, 2.75) is 32.9 Å². The molecular formula is C23H22ClFN4O3. The molecule has 0 fully saturated rings. The first-order valence-corrected chi connectivity index (χ1v) is 10.7. The van der Waals surface area contributed by atoms with Crippen molar-refractivity contribution < 1.29 is 18.7 Å². The normalized spacial score (nSPS) is 13.0. The third-order valence-electron chi connectivity index (χ3n) is 5.39. The molecule has 166 valence electrons. The molecule has 0 N–H and O–H groups in total. The Morgan fingerprint density at radius 3 is 2.72 bits per heavy atom. The van der Waals surface area contributed by atoms with E-state index in [0.717, 1.165) is 11.3 Å². The number of benzene rings is 1. The summed E-state index contributed by atoms with van der Waals surface area (Å²) in [4.78, 5) is 31.2. The zero-order chi connectivity index (χ0) is 22.7. The van der Waals surface area contributed by atoms with Gasteiger partial charge in [0, 0.05) is 48.2 Å². The van der Waals surface area contributed by atoms with Crippen molar-refractivity contribution in [3.8, 4) is 0 Å². The molecule has 0 atom stereocenters. The van der Waals surface area contributed by atoms with Crippen molar-refractivity contribution in [3.05, 3.63) is 81.6 Å². The van der Waals surface area contributed by atoms with Gasteiger partial charge in [-0.15, -0.1) is 0 Å². The molecule has 32 heavy (non-hydrogen) atoms. The molecule has 3 heterocycles. The van der Waals surface area contributed by atoms with Crippen LogP contribution in [0.1, 0.15) is 39.8 Å². The minimum absolute atomic E-state index is 0.0499. The van der Waals surface area contributed by atoms with Gasteiger partial charge in [0.2, 0.25) is 5.91 Å². The third-order valence-corrected chi connectivity index (χ3v) is 5.75. The molecule has 0 unspecified atom stereocenters. The van der Waals surface area contributed by atoms with Gasteiger partial charge in [0.1, 0.15) is 5.82 Å². The molecule has 7 nitrogen and oxygen atoms in total. The summed E-state index contributed by atoms with van der Waals surface area (Å²) in [6.07, 6.45) is 4.01. The van der Waals surface area contributed by atoms with Gasteiger partial charge in [-0.25, -0.2) is 9.18 Å². The second-order valence-corrected chi connectivity index (χ2v) is 7.89. The number of pyridine rings is 1. The lowest BCUT2D eigenvalue weighted by Crippen LogP contribution is -2.37. The molecule has 1 aliphatic heterocycles. The second-order valence-electron chi connectivity index (χ2n) is 7.49. The Kier molecular flexibility index (Phi) is 6.50. The van der Waals surface area contributed by atoms with Crippen LogP contribution in [0, 0.1) is 5.82 Å². The van der Waals surface area contributed by atoms with E-state index in [2.05, 4.69) is 10.1 Å². The average Bonchev–Trinajstić information content (AvgIpc) is 3.14. The predicted molar refractivity (Wildman–Crippen MR) is 116 cm³/mol. The summed E-state index contributed by atoms with van der Waals surface area (Å²) in [5, 5.41) is 4.74. The minimum atomic E-state index is -0.506. The smallest absolute Gasteiger partial charge is 0.359 e. The van der Waals surface area contributed by atoms with E-state index in [9.17, 15) is 14.0 Å². The number of fused-ring (bicyclic) bond motifs is 1. The first-order valence-electron chi connectivity index (χ1n) is 10.3. The molecule has 0 bridgehead atoms. The maximum Gasteiger partial charge on any atom is 0.359 e. The lowest BCUT2D eigenvalue weighted by atomic mass is 10.0. The van der Waals surface area contributed by atoms with Crippen molar-refractivity contribution >= 4 is 23.5 Å². The van der Waals surface area contributed by atoms with Gasteiger partial charge >= 0.3 is 5.97 Å². The number of hydrogen-bond donors (Lipinski definition) is 0. The first-order chi connectivity index (χ1) is 15.5. The monoisotopic (exact) mass is 456 g/mol. The Balaban J connectivity index is 1.59. The highest BCUT2D eigenvalue weighted by Gasteiger charge is 2.31. The largest absolute Gasteiger partial charge is 0.461 e. The summed E-state index contributed by atoms with van der Waals surface area (Å²) in [6.45, 7) is 3.19. The second kappa shape index (κ2) is 9.48. The molecule has 0 radical (unpaired) electrons. The number of aromatic nitrogens is 3. The van der Waals surface area contributed by atoms with Crippen LogP contribution in [0.15, 0.2) is 42.7 Å². The molecular weight excluding hydrogens is 435 g/mol. The molecule has 0 saturated carbocycles. The van der Waals surface area contributed by atoms with Crippen LogP contribution in [0.2, 0.25) is 5.02 Å². The van der Waals surface area contributed by atoms with Crippen LogP contribution in [0.3, 0.4) is 0 Å². The van der Waals surface area contributed by atoms with Crippen molar-refractivity contribution in [2.75, 3.05) is 13.2 Å². The topological polar surface area (TPSA) is 77.3 Å². The highest BCUT2D eigenvalue weighted by atomic mass is 35.5. The van der Waals surface area contributed by atoms with Crippen LogP contribution in [-0.4, -0.2) is 44.7 Å². The Bertz CT molecular complexity index is 1150. The van der Waals surface area contributed by atoms with Gasteiger partial charge in [-0.3, -0.25) is 14.5 Å². The number of nitrogens with zero attached hydrogens (tertiary/aromatic N) is 4. The molecule has 3 aromatic rings. The Morgan fingerprint density at radius 1 is 1.22 bits per heavy atom. The molecule has 1 amide bonds. The highest BCUT2D eigenvalue weighted by molar-refractivity contribution is 6.31. The molecule has 0 spiro atoms. The van der Waals surface area contributed by atoms with Crippen LogP contribution < -0.4 is 0 Å². The van der Waals surface area contributed by atoms with E-state index < -0.39 is 11.8 Å². The number of rotatable bonds is 6. The number of halogens is 2. The molecule has 0 aliphatic carbocycles. The van der Waals surface area contributed by atoms with Crippen LogP contribution in [0.5, 0.6) is 0 Å². The lowest BCUT2D eigenvalue weighted by molar-refractivity contribution is -0.131. The van der Waals surface area contributed by atoms with Gasteiger partial charge in [-0.1, -0.05) is 17.7 Å². The summed E-state index contributed by atoms with van der Waals surface area (Å²) in [7, 11) is 0. The van der Waals surface area contributed by atoms with Gasteiger partial charge in [0.05, 0.1) is 19.6 Å². The van der Waals surface area contributed by atoms with E-state index in [0.29, 0.717) is 30.6 Å². The van der Waals surface area contributed by atoms with E-state index in [1.54, 1.807) is 28.9 Å². The van der Waals surface area contributed by atoms with Crippen LogP contribution in [0.4, 0.5) is 4.39 Å². The SMILES string of the molecule is CCOC(=O)c1nn(Cc2ccncc2)c2c1CN(C(=O)Cc1ccc(F)cc1Cl)CC2. The molecule has 0 saturated heterocycles. The first kappa shape index (κ1) is 22.0. The van der Waals surface area contributed by atoms with Gasteiger partial charge in [-0.2, -0.15) is 5.10 Å². The molecule has 9 heteroatoms. The Labute approximate surface area is 189 Å². The molecule has 4 rings (SSSR count). The Morgan fingerprint density at radius 2 is 2.00 bits per heavy atom. The fraction of sp³-hybridized carbons (Fsp3) is 0.304. The van der Waals surface area contributed by atoms with Crippen LogP contribution in [0.25, 0.3) is 0 Å². The van der Waals surface area contributed by atoms with Gasteiger partial charge in [0.15, 0.2) is 5.69 Å². The minimum Gasteiger partial charge on any atom is -0.461 e. The number of amides is 1. The standard InChI is InChI=1S/C23H22ClFN4O3/c1-2-32-23(31)22-18-14-28(21(30)11-16-3-4-17(25)12-19(16)24)10-7-20(18)29(27-22)13-15-5-8-26-9-6-15/h3-6,8-9,12H,2,7,10-11,13-14H2,1H3. The summed E-state index contributed by atoms with van der Waals surface area (Å²) < 4.78 is 20.3. The number of carbonyl (C=O) groups excluding carboxylic acids is 2. The Hall–Kier alpha value is -3.26. The summed E-state index contributed by atoms with van der Waals surface area (Å²) >= 11 is 6.09. The maximum absolute atomic E-state index is 13.3. The number of carbonyl (C=O) groups is 2. The molecule has 2 aromatic heterocycles. The third kappa shape index (κ3) is 4.65. The summed E-state index contributed by atoms with van der Waals surface area (Å²) in [5.41, 5.74) is 3.40. The number of hydrogen-bond acceptors (Lipinski definition) is 5. The highest BCUT2D eigenvalue weighted by Crippen LogP contribution is 2.26. The van der Waals surface area contributed by atoms with E-state index in [-0.39, 0.29) is 36.2 Å². The van der Waals surface area contributed by atoms with Crippen molar-refractivity contribution in [3.63, 3.8) is 0 Å². The number of ether oxygens (including phenoxy) is 1. The molecule has 1 aliphatic rings. The fourth-order valence-electron chi connectivity index (χ4n) is 3.80. The van der Waals surface area contributed by atoms with Crippen molar-refractivity contribution in [2.24, 2.45) is 0 Å². The average molecular weight is 457 g/mol. The van der Waals surface area contributed by atoms with Crippen molar-refractivity contribution in [1.82, 2.24) is 19.7 Å². The van der Waals surface area contributed by atoms with E-state index in [1.165, 1.54) is 18.2 Å². The van der Waals surface area contributed by atoms with Crippen molar-refractivity contribution in [1.29, 1.82) is 0 Å². The van der Waals surface area contributed by atoms with E-state index in [1.807, 2.05) is 12.1 Å². The van der Waals surface area contributed by atoms with Crippen LogP contribution in [-0.2, 0) is 35.5 Å². The predicted octanol–water partition coefficient (Wildman–Crippen LogP) is 3.42. The van der Waals surface area contributed by atoms with E-state index in [4.69, 9.17) is 16.3 Å². The lowest BCUT2D eigenvalue weighted by Gasteiger charge is -2.28. The van der Waals surface area contributed by atoms with Gasteiger partial charge < -0.3 is 9.64 Å². The van der Waals surface area contributed by atoms with Gasteiger partial charge in [-0.05, 0) is 42.3 Å². The zero-order valence-electron chi connectivity index (χ0n) is 17.6. The number of esters is 1. The summed E-state index contributed by atoms with van der Waals surface area (Å²) in [5.74, 6) is -1.11. The van der Waals surface area contributed by atoms with Gasteiger partial charge in [0.25, 0.3) is 0 Å². The molecule has 1 aromatic carbocycles. The van der Waals surface area contributed by atoms with E-state index >= 15 is 0 Å². The quantitative estimate of drug-likeness (QED) is 0.531. The fourth-order valence-corrected chi connectivity index (χ4v) is 4.03. The zero-order valence-corrected chi connectivity index (χ0v) is 18.3. The maximum atomic E-state index is 13.3. The van der Waals surface area contributed by atoms with Crippen LogP contribution >= 0.6 is 11.6 Å². The summed E-state index contributed by atoms with van der Waals surface area (Å²) in [6, 6.07) is 7.78.